The second-order valence-corrected chi connectivity index (χ2v) is 7.12. The molecular weight excluding hydrogens is 326 g/mol. The highest BCUT2D eigenvalue weighted by atomic mass is 16.2. The topological polar surface area (TPSA) is 62.3 Å². The predicted octanol–water partition coefficient (Wildman–Crippen LogP) is 3.80. The Morgan fingerprint density at radius 3 is 2.81 bits per heavy atom. The normalized spacial score (nSPS) is 17.0. The van der Waals surface area contributed by atoms with Crippen molar-refractivity contribution in [1.82, 2.24) is 4.98 Å². The second-order valence-electron chi connectivity index (χ2n) is 7.12. The third-order valence-corrected chi connectivity index (χ3v) is 5.38. The Kier molecular flexibility index (Phi) is 4.69. The van der Waals surface area contributed by atoms with Crippen LogP contribution in [0.25, 0.3) is 0 Å². The van der Waals surface area contributed by atoms with E-state index < -0.39 is 0 Å². The molecule has 1 aliphatic heterocycles. The number of anilines is 2. The summed E-state index contributed by atoms with van der Waals surface area (Å²) in [4.78, 5) is 31.3. The summed E-state index contributed by atoms with van der Waals surface area (Å²) < 4.78 is 0. The van der Waals surface area contributed by atoms with Gasteiger partial charge in [-0.1, -0.05) is 25.3 Å². The first kappa shape index (κ1) is 16.8. The Hall–Kier alpha value is -2.69. The first-order valence-corrected chi connectivity index (χ1v) is 9.38. The van der Waals surface area contributed by atoms with Gasteiger partial charge in [-0.3, -0.25) is 14.6 Å². The molecule has 1 aromatic carbocycles. The van der Waals surface area contributed by atoms with Crippen LogP contribution in [-0.2, 0) is 11.2 Å². The van der Waals surface area contributed by atoms with E-state index >= 15 is 0 Å². The van der Waals surface area contributed by atoms with Gasteiger partial charge in [0.1, 0.15) is 0 Å². The molecule has 134 valence electrons. The van der Waals surface area contributed by atoms with Gasteiger partial charge in [0.15, 0.2) is 0 Å². The van der Waals surface area contributed by atoms with Crippen LogP contribution >= 0.6 is 0 Å². The first-order chi connectivity index (χ1) is 12.7. The number of rotatable bonds is 3. The van der Waals surface area contributed by atoms with Gasteiger partial charge in [0.05, 0.1) is 11.9 Å². The molecule has 0 spiro atoms. The van der Waals surface area contributed by atoms with E-state index in [4.69, 9.17) is 0 Å². The smallest absolute Gasteiger partial charge is 0.258 e. The van der Waals surface area contributed by atoms with Crippen LogP contribution in [0.15, 0.2) is 42.7 Å². The van der Waals surface area contributed by atoms with E-state index in [-0.39, 0.29) is 17.7 Å². The molecule has 0 unspecified atom stereocenters. The van der Waals surface area contributed by atoms with Crippen LogP contribution in [0.4, 0.5) is 11.4 Å². The van der Waals surface area contributed by atoms with E-state index in [0.29, 0.717) is 17.8 Å². The highest BCUT2D eigenvalue weighted by Crippen LogP contribution is 2.29. The number of amides is 2. The van der Waals surface area contributed by atoms with Crippen LogP contribution in [-0.4, -0.2) is 23.3 Å². The molecule has 2 aromatic rings. The van der Waals surface area contributed by atoms with Crippen LogP contribution in [0.1, 0.15) is 48.0 Å². The van der Waals surface area contributed by atoms with Crippen molar-refractivity contribution in [2.45, 2.75) is 38.5 Å². The van der Waals surface area contributed by atoms with E-state index in [1.807, 2.05) is 18.2 Å². The Morgan fingerprint density at radius 1 is 1.12 bits per heavy atom. The summed E-state index contributed by atoms with van der Waals surface area (Å²) in [5.74, 6) is 0.121. The fraction of sp³-hybridized carbons (Fsp3) is 0.381. The number of pyridine rings is 1. The highest BCUT2D eigenvalue weighted by molar-refractivity contribution is 6.08. The lowest BCUT2D eigenvalue weighted by Gasteiger charge is -2.21. The molecule has 2 heterocycles. The molecule has 5 nitrogen and oxygen atoms in total. The number of carbonyl (C=O) groups is 2. The zero-order chi connectivity index (χ0) is 17.9. The van der Waals surface area contributed by atoms with Gasteiger partial charge in [0.25, 0.3) is 5.91 Å². The third-order valence-electron chi connectivity index (χ3n) is 5.38. The fourth-order valence-electron chi connectivity index (χ4n) is 3.93. The van der Waals surface area contributed by atoms with E-state index in [2.05, 4.69) is 10.3 Å². The summed E-state index contributed by atoms with van der Waals surface area (Å²) in [6, 6.07) is 9.20. The van der Waals surface area contributed by atoms with Gasteiger partial charge in [-0.25, -0.2) is 0 Å². The molecule has 2 aliphatic rings. The first-order valence-electron chi connectivity index (χ1n) is 9.38. The van der Waals surface area contributed by atoms with Crippen LogP contribution in [0.3, 0.4) is 0 Å². The predicted molar refractivity (Wildman–Crippen MR) is 101 cm³/mol. The SMILES string of the molecule is O=C(Nc1cccc(C(=O)N2CCc3ccncc32)c1)C1CCCCC1. The number of fused-ring (bicyclic) bond motifs is 1. The molecule has 0 atom stereocenters. The van der Waals surface area contributed by atoms with Crippen molar-refractivity contribution in [2.24, 2.45) is 5.92 Å². The van der Waals surface area contributed by atoms with E-state index in [1.165, 1.54) is 6.42 Å². The van der Waals surface area contributed by atoms with Crippen molar-refractivity contribution in [3.63, 3.8) is 0 Å². The second kappa shape index (κ2) is 7.28. The fourth-order valence-corrected chi connectivity index (χ4v) is 3.93. The van der Waals surface area contributed by atoms with Gasteiger partial charge in [-0.05, 0) is 49.1 Å². The van der Waals surface area contributed by atoms with Gasteiger partial charge in [0, 0.05) is 29.9 Å². The summed E-state index contributed by atoms with van der Waals surface area (Å²) in [5.41, 5.74) is 3.31. The molecule has 1 aromatic heterocycles. The minimum absolute atomic E-state index is 0.0504. The van der Waals surface area contributed by atoms with Crippen molar-refractivity contribution in [2.75, 3.05) is 16.8 Å². The number of hydrogen-bond acceptors (Lipinski definition) is 3. The van der Waals surface area contributed by atoms with Gasteiger partial charge in [0.2, 0.25) is 5.91 Å². The number of aromatic nitrogens is 1. The molecule has 1 fully saturated rings. The largest absolute Gasteiger partial charge is 0.326 e. The number of nitrogens with one attached hydrogen (secondary N) is 1. The van der Waals surface area contributed by atoms with Crippen LogP contribution in [0.2, 0.25) is 0 Å². The van der Waals surface area contributed by atoms with Gasteiger partial charge in [-0.2, -0.15) is 0 Å². The van der Waals surface area contributed by atoms with Crippen molar-refractivity contribution in [3.05, 3.63) is 53.9 Å². The van der Waals surface area contributed by atoms with Crippen molar-refractivity contribution in [1.29, 1.82) is 0 Å². The number of nitrogens with zero attached hydrogens (tertiary/aromatic N) is 2. The van der Waals surface area contributed by atoms with Crippen LogP contribution < -0.4 is 10.2 Å². The minimum atomic E-state index is -0.0504. The Labute approximate surface area is 153 Å². The molecule has 0 bridgehead atoms. The maximum atomic E-state index is 12.9. The highest BCUT2D eigenvalue weighted by Gasteiger charge is 2.26. The summed E-state index contributed by atoms with van der Waals surface area (Å²) in [6.07, 6.45) is 9.74. The molecule has 0 radical (unpaired) electrons. The monoisotopic (exact) mass is 349 g/mol. The molecule has 4 rings (SSSR count). The third kappa shape index (κ3) is 3.34. The van der Waals surface area contributed by atoms with E-state index in [9.17, 15) is 9.59 Å². The van der Waals surface area contributed by atoms with Crippen molar-refractivity contribution < 1.29 is 9.59 Å². The maximum Gasteiger partial charge on any atom is 0.258 e. The van der Waals surface area contributed by atoms with Gasteiger partial charge in [-0.15, -0.1) is 0 Å². The molecule has 1 N–H and O–H groups in total. The zero-order valence-corrected chi connectivity index (χ0v) is 14.8. The summed E-state index contributed by atoms with van der Waals surface area (Å²) in [6.45, 7) is 0.665. The molecule has 1 saturated carbocycles. The summed E-state index contributed by atoms with van der Waals surface area (Å²) in [7, 11) is 0. The molecule has 2 amide bonds. The number of hydrogen-bond donors (Lipinski definition) is 1. The Morgan fingerprint density at radius 2 is 1.96 bits per heavy atom. The van der Waals surface area contributed by atoms with Crippen molar-refractivity contribution in [3.8, 4) is 0 Å². The van der Waals surface area contributed by atoms with Gasteiger partial charge < -0.3 is 10.2 Å². The summed E-state index contributed by atoms with van der Waals surface area (Å²) in [5, 5.41) is 2.99. The minimum Gasteiger partial charge on any atom is -0.326 e. The standard InChI is InChI=1S/C21H23N3O2/c25-20(16-5-2-1-3-6-16)23-18-8-4-7-17(13-18)21(26)24-12-10-15-9-11-22-14-19(15)24/h4,7-9,11,13-14,16H,1-3,5-6,10,12H2,(H,23,25). The lowest BCUT2D eigenvalue weighted by Crippen LogP contribution is -2.29. The van der Waals surface area contributed by atoms with Crippen molar-refractivity contribution >= 4 is 23.2 Å². The lowest BCUT2D eigenvalue weighted by molar-refractivity contribution is -0.120. The molecule has 1 aliphatic carbocycles. The van der Waals surface area contributed by atoms with Crippen LogP contribution in [0.5, 0.6) is 0 Å². The van der Waals surface area contributed by atoms with E-state index in [0.717, 1.165) is 43.4 Å². The average molecular weight is 349 g/mol. The lowest BCUT2D eigenvalue weighted by atomic mass is 9.88. The molecule has 26 heavy (non-hydrogen) atoms. The Balaban J connectivity index is 1.49. The average Bonchev–Trinajstić information content (AvgIpc) is 3.12. The van der Waals surface area contributed by atoms with E-state index in [1.54, 1.807) is 29.4 Å². The number of carbonyl (C=O) groups excluding carboxylic acids is 2. The molecular formula is C21H23N3O2. The summed E-state index contributed by atoms with van der Waals surface area (Å²) >= 11 is 0. The maximum absolute atomic E-state index is 12.9. The molecule has 0 saturated heterocycles. The van der Waals surface area contributed by atoms with Gasteiger partial charge >= 0.3 is 0 Å². The zero-order valence-electron chi connectivity index (χ0n) is 14.8. The quantitative estimate of drug-likeness (QED) is 0.917. The Bertz CT molecular complexity index is 828. The molecule has 5 heteroatoms. The van der Waals surface area contributed by atoms with Crippen LogP contribution in [0, 0.1) is 5.92 Å². The number of benzene rings is 1.